The van der Waals surface area contributed by atoms with E-state index in [2.05, 4.69) is 36.6 Å². The second kappa shape index (κ2) is 6.06. The van der Waals surface area contributed by atoms with Crippen LogP contribution in [-0.4, -0.2) is 43.5 Å². The number of nitrogens with one attached hydrogen (secondary N) is 2. The number of aryl methyl sites for hydroxylation is 2. The van der Waals surface area contributed by atoms with Crippen LogP contribution in [0.1, 0.15) is 17.5 Å². The van der Waals surface area contributed by atoms with Gasteiger partial charge in [0.05, 0.1) is 6.54 Å². The lowest BCUT2D eigenvalue weighted by molar-refractivity contribution is -0.129. The fraction of sp³-hybridized carbons (Fsp3) is 0.533. The maximum Gasteiger partial charge on any atom is 0.241 e. The molecule has 1 unspecified atom stereocenters. The molecule has 0 bridgehead atoms. The molecule has 0 aliphatic carbocycles. The Hall–Kier alpha value is -1.55. The number of benzene rings is 1. The molecule has 1 aliphatic rings. The van der Waals surface area contributed by atoms with Crippen molar-refractivity contribution in [3.05, 3.63) is 29.3 Å². The molecule has 4 nitrogen and oxygen atoms in total. The zero-order valence-electron chi connectivity index (χ0n) is 12.0. The van der Waals surface area contributed by atoms with Crippen LogP contribution < -0.4 is 10.6 Å². The molecule has 1 heterocycles. The Morgan fingerprint density at radius 2 is 2.11 bits per heavy atom. The Morgan fingerprint density at radius 1 is 1.42 bits per heavy atom. The first-order chi connectivity index (χ1) is 9.09. The van der Waals surface area contributed by atoms with Crippen LogP contribution in [-0.2, 0) is 4.79 Å². The molecule has 1 aliphatic heterocycles. The predicted molar refractivity (Wildman–Crippen MR) is 78.5 cm³/mol. The van der Waals surface area contributed by atoms with Crippen LogP contribution in [0.5, 0.6) is 0 Å². The largest absolute Gasteiger partial charge is 0.376 e. The number of likely N-dealkylation sites (N-methyl/N-ethyl adjacent to an activating group) is 1. The SMILES string of the molecule is Cc1cccc(C)c1NCC(=O)N(C)C1CCNC1. The maximum atomic E-state index is 12.2. The monoisotopic (exact) mass is 261 g/mol. The van der Waals surface area contributed by atoms with Gasteiger partial charge in [-0.2, -0.15) is 0 Å². The van der Waals surface area contributed by atoms with Crippen molar-refractivity contribution < 1.29 is 4.79 Å². The van der Waals surface area contributed by atoms with Gasteiger partial charge >= 0.3 is 0 Å². The predicted octanol–water partition coefficient (Wildman–Crippen LogP) is 1.54. The van der Waals surface area contributed by atoms with Crippen molar-refractivity contribution in [1.29, 1.82) is 0 Å². The minimum Gasteiger partial charge on any atom is -0.376 e. The van der Waals surface area contributed by atoms with Crippen molar-refractivity contribution in [2.24, 2.45) is 0 Å². The number of carbonyl (C=O) groups excluding carboxylic acids is 1. The second-order valence-electron chi connectivity index (χ2n) is 5.27. The van der Waals surface area contributed by atoms with E-state index >= 15 is 0 Å². The highest BCUT2D eigenvalue weighted by Crippen LogP contribution is 2.19. The molecule has 2 N–H and O–H groups in total. The summed E-state index contributed by atoms with van der Waals surface area (Å²) in [7, 11) is 1.90. The summed E-state index contributed by atoms with van der Waals surface area (Å²) in [6.45, 7) is 6.39. The highest BCUT2D eigenvalue weighted by molar-refractivity contribution is 5.81. The lowest BCUT2D eigenvalue weighted by Gasteiger charge is -2.24. The molecule has 0 radical (unpaired) electrons. The van der Waals surface area contributed by atoms with Gasteiger partial charge in [0, 0.05) is 25.3 Å². The van der Waals surface area contributed by atoms with E-state index < -0.39 is 0 Å². The Bertz CT molecular complexity index is 432. The van der Waals surface area contributed by atoms with Crippen molar-refractivity contribution in [3.63, 3.8) is 0 Å². The van der Waals surface area contributed by atoms with Gasteiger partial charge in [-0.3, -0.25) is 4.79 Å². The van der Waals surface area contributed by atoms with Crippen LogP contribution >= 0.6 is 0 Å². The van der Waals surface area contributed by atoms with E-state index in [0.29, 0.717) is 12.6 Å². The van der Waals surface area contributed by atoms with Gasteiger partial charge in [-0.1, -0.05) is 18.2 Å². The smallest absolute Gasteiger partial charge is 0.241 e. The van der Waals surface area contributed by atoms with Gasteiger partial charge in [-0.25, -0.2) is 0 Å². The van der Waals surface area contributed by atoms with Crippen LogP contribution in [0.2, 0.25) is 0 Å². The van der Waals surface area contributed by atoms with Gasteiger partial charge in [0.25, 0.3) is 0 Å². The molecular formula is C15H23N3O. The number of para-hydroxylation sites is 1. The van der Waals surface area contributed by atoms with Gasteiger partial charge in [-0.15, -0.1) is 0 Å². The molecule has 0 aromatic heterocycles. The van der Waals surface area contributed by atoms with Crippen LogP contribution in [0.3, 0.4) is 0 Å². The van der Waals surface area contributed by atoms with Gasteiger partial charge in [0.15, 0.2) is 0 Å². The number of carbonyl (C=O) groups is 1. The number of anilines is 1. The lowest BCUT2D eigenvalue weighted by Crippen LogP contribution is -2.41. The molecule has 4 heteroatoms. The topological polar surface area (TPSA) is 44.4 Å². The molecular weight excluding hydrogens is 238 g/mol. The average molecular weight is 261 g/mol. The summed E-state index contributed by atoms with van der Waals surface area (Å²) in [4.78, 5) is 14.0. The van der Waals surface area contributed by atoms with Crippen molar-refractivity contribution in [2.75, 3.05) is 32.0 Å². The van der Waals surface area contributed by atoms with E-state index in [9.17, 15) is 4.79 Å². The summed E-state index contributed by atoms with van der Waals surface area (Å²) in [5.41, 5.74) is 3.43. The van der Waals surface area contributed by atoms with E-state index in [4.69, 9.17) is 0 Å². The number of hydrogen-bond acceptors (Lipinski definition) is 3. The lowest BCUT2D eigenvalue weighted by atomic mass is 10.1. The summed E-state index contributed by atoms with van der Waals surface area (Å²) < 4.78 is 0. The van der Waals surface area contributed by atoms with Gasteiger partial charge in [0.2, 0.25) is 5.91 Å². The number of nitrogens with zero attached hydrogens (tertiary/aromatic N) is 1. The summed E-state index contributed by atoms with van der Waals surface area (Å²) in [5, 5.41) is 6.56. The highest BCUT2D eigenvalue weighted by atomic mass is 16.2. The number of hydrogen-bond donors (Lipinski definition) is 2. The van der Waals surface area contributed by atoms with Crippen molar-refractivity contribution in [1.82, 2.24) is 10.2 Å². The standard InChI is InChI=1S/C15H23N3O/c1-11-5-4-6-12(2)15(11)17-10-14(19)18(3)13-7-8-16-9-13/h4-6,13,16-17H,7-10H2,1-3H3. The van der Waals surface area contributed by atoms with Crippen molar-refractivity contribution in [3.8, 4) is 0 Å². The highest BCUT2D eigenvalue weighted by Gasteiger charge is 2.22. The molecule has 1 atom stereocenters. The summed E-state index contributed by atoms with van der Waals surface area (Å²) in [6, 6.07) is 6.50. The Morgan fingerprint density at radius 3 is 2.68 bits per heavy atom. The van der Waals surface area contributed by atoms with E-state index in [0.717, 1.165) is 25.2 Å². The van der Waals surface area contributed by atoms with E-state index in [1.54, 1.807) is 0 Å². The fourth-order valence-electron chi connectivity index (χ4n) is 2.56. The van der Waals surface area contributed by atoms with Crippen LogP contribution in [0.25, 0.3) is 0 Å². The molecule has 1 amide bonds. The fourth-order valence-corrected chi connectivity index (χ4v) is 2.56. The normalized spacial score (nSPS) is 18.4. The Balaban J connectivity index is 1.92. The average Bonchev–Trinajstić information content (AvgIpc) is 2.90. The quantitative estimate of drug-likeness (QED) is 0.864. The summed E-state index contributed by atoms with van der Waals surface area (Å²) in [5.74, 6) is 0.149. The maximum absolute atomic E-state index is 12.2. The third-order valence-corrected chi connectivity index (χ3v) is 3.87. The molecule has 1 aromatic carbocycles. The number of rotatable bonds is 4. The van der Waals surface area contributed by atoms with E-state index in [1.165, 1.54) is 11.1 Å². The van der Waals surface area contributed by atoms with E-state index in [1.807, 2.05) is 18.0 Å². The van der Waals surface area contributed by atoms with Crippen molar-refractivity contribution >= 4 is 11.6 Å². The molecule has 0 spiro atoms. The second-order valence-corrected chi connectivity index (χ2v) is 5.27. The van der Waals surface area contributed by atoms with Crippen LogP contribution in [0.4, 0.5) is 5.69 Å². The molecule has 2 rings (SSSR count). The number of amides is 1. The Labute approximate surface area is 115 Å². The first-order valence-corrected chi connectivity index (χ1v) is 6.86. The summed E-state index contributed by atoms with van der Waals surface area (Å²) in [6.07, 6.45) is 1.05. The molecule has 0 saturated carbocycles. The molecule has 1 saturated heterocycles. The van der Waals surface area contributed by atoms with Crippen LogP contribution in [0, 0.1) is 13.8 Å². The molecule has 19 heavy (non-hydrogen) atoms. The third kappa shape index (κ3) is 3.26. The van der Waals surface area contributed by atoms with Crippen LogP contribution in [0.15, 0.2) is 18.2 Å². The third-order valence-electron chi connectivity index (χ3n) is 3.87. The van der Waals surface area contributed by atoms with Crippen molar-refractivity contribution in [2.45, 2.75) is 26.3 Å². The first-order valence-electron chi connectivity index (χ1n) is 6.86. The molecule has 1 aromatic rings. The summed E-state index contributed by atoms with van der Waals surface area (Å²) >= 11 is 0. The zero-order valence-corrected chi connectivity index (χ0v) is 12.0. The van der Waals surface area contributed by atoms with E-state index in [-0.39, 0.29) is 5.91 Å². The first kappa shape index (κ1) is 13.9. The molecule has 1 fully saturated rings. The molecule has 104 valence electrons. The van der Waals surface area contributed by atoms with Gasteiger partial charge < -0.3 is 15.5 Å². The Kier molecular flexibility index (Phi) is 4.43. The zero-order chi connectivity index (χ0) is 13.8. The van der Waals surface area contributed by atoms with Gasteiger partial charge in [-0.05, 0) is 37.9 Å². The minimum absolute atomic E-state index is 0.149. The van der Waals surface area contributed by atoms with Gasteiger partial charge in [0.1, 0.15) is 0 Å². The minimum atomic E-state index is 0.149.